The average Bonchev–Trinajstić information content (AvgIpc) is 2.16. The van der Waals surface area contributed by atoms with Gasteiger partial charge < -0.3 is 5.32 Å². The highest BCUT2D eigenvalue weighted by Crippen LogP contribution is 2.02. The van der Waals surface area contributed by atoms with E-state index in [1.54, 1.807) is 12.1 Å². The van der Waals surface area contributed by atoms with Crippen molar-refractivity contribution in [3.8, 4) is 0 Å². The molecule has 0 heterocycles. The van der Waals surface area contributed by atoms with Gasteiger partial charge in [-0.05, 0) is 24.6 Å². The molecule has 0 saturated heterocycles. The van der Waals surface area contributed by atoms with Gasteiger partial charge in [-0.3, -0.25) is 0 Å². The zero-order valence-electron chi connectivity index (χ0n) is 7.56. The molecular formula is C10H13BrFN. The van der Waals surface area contributed by atoms with Gasteiger partial charge in [0.25, 0.3) is 0 Å². The Kier molecular flexibility index (Phi) is 4.39. The molecule has 1 rings (SSSR count). The van der Waals surface area contributed by atoms with Crippen molar-refractivity contribution in [2.24, 2.45) is 0 Å². The van der Waals surface area contributed by atoms with E-state index in [0.717, 1.165) is 17.4 Å². The standard InChI is InChI=1S/C10H13BrFN/c1-8(6-11)13-7-9-2-4-10(12)5-3-9/h2-5,8,13H,6-7H2,1H3. The van der Waals surface area contributed by atoms with Crippen LogP contribution in [0.2, 0.25) is 0 Å². The fourth-order valence-corrected chi connectivity index (χ4v) is 1.18. The summed E-state index contributed by atoms with van der Waals surface area (Å²) >= 11 is 3.38. The fraction of sp³-hybridized carbons (Fsp3) is 0.400. The predicted molar refractivity (Wildman–Crippen MR) is 56.5 cm³/mol. The number of alkyl halides is 1. The zero-order chi connectivity index (χ0) is 9.68. The van der Waals surface area contributed by atoms with E-state index in [9.17, 15) is 4.39 Å². The van der Waals surface area contributed by atoms with Crippen LogP contribution in [-0.4, -0.2) is 11.4 Å². The van der Waals surface area contributed by atoms with Gasteiger partial charge in [-0.25, -0.2) is 4.39 Å². The Balaban J connectivity index is 2.41. The summed E-state index contributed by atoms with van der Waals surface area (Å²) in [5.41, 5.74) is 1.11. The summed E-state index contributed by atoms with van der Waals surface area (Å²) in [6, 6.07) is 6.99. The third kappa shape index (κ3) is 3.87. The van der Waals surface area contributed by atoms with Crippen LogP contribution in [0.1, 0.15) is 12.5 Å². The van der Waals surface area contributed by atoms with Crippen LogP contribution < -0.4 is 5.32 Å². The highest BCUT2D eigenvalue weighted by molar-refractivity contribution is 9.09. The normalized spacial score (nSPS) is 12.8. The molecule has 0 aliphatic heterocycles. The van der Waals surface area contributed by atoms with Crippen molar-refractivity contribution in [2.45, 2.75) is 19.5 Å². The second-order valence-electron chi connectivity index (χ2n) is 3.06. The quantitative estimate of drug-likeness (QED) is 0.805. The molecule has 0 saturated carbocycles. The Morgan fingerprint density at radius 2 is 2.00 bits per heavy atom. The zero-order valence-corrected chi connectivity index (χ0v) is 9.14. The van der Waals surface area contributed by atoms with Crippen molar-refractivity contribution < 1.29 is 4.39 Å². The Hall–Kier alpha value is -0.410. The van der Waals surface area contributed by atoms with E-state index in [4.69, 9.17) is 0 Å². The first-order valence-corrected chi connectivity index (χ1v) is 5.38. The minimum Gasteiger partial charge on any atom is -0.309 e. The van der Waals surface area contributed by atoms with Crippen molar-refractivity contribution in [1.82, 2.24) is 5.32 Å². The average molecular weight is 246 g/mol. The predicted octanol–water partition coefficient (Wildman–Crippen LogP) is 2.70. The summed E-state index contributed by atoms with van der Waals surface area (Å²) in [7, 11) is 0. The Bertz CT molecular complexity index is 248. The molecule has 0 fully saturated rings. The van der Waals surface area contributed by atoms with E-state index in [2.05, 4.69) is 28.2 Å². The van der Waals surface area contributed by atoms with Gasteiger partial charge in [-0.15, -0.1) is 0 Å². The molecule has 0 bridgehead atoms. The molecule has 0 aromatic heterocycles. The molecule has 1 nitrogen and oxygen atoms in total. The van der Waals surface area contributed by atoms with Crippen LogP contribution in [0.15, 0.2) is 24.3 Å². The minimum atomic E-state index is -0.183. The van der Waals surface area contributed by atoms with Crippen molar-refractivity contribution in [1.29, 1.82) is 0 Å². The van der Waals surface area contributed by atoms with Gasteiger partial charge >= 0.3 is 0 Å². The van der Waals surface area contributed by atoms with Gasteiger partial charge in [-0.2, -0.15) is 0 Å². The third-order valence-corrected chi connectivity index (χ3v) is 2.77. The first-order valence-electron chi connectivity index (χ1n) is 4.26. The minimum absolute atomic E-state index is 0.183. The molecule has 72 valence electrons. The largest absolute Gasteiger partial charge is 0.309 e. The van der Waals surface area contributed by atoms with E-state index in [0.29, 0.717) is 6.04 Å². The maximum absolute atomic E-state index is 12.5. The van der Waals surface area contributed by atoms with Crippen LogP contribution in [0.25, 0.3) is 0 Å². The number of hydrogen-bond donors (Lipinski definition) is 1. The molecule has 3 heteroatoms. The Morgan fingerprint density at radius 1 is 1.38 bits per heavy atom. The summed E-state index contributed by atoms with van der Waals surface area (Å²) in [5, 5.41) is 4.22. The van der Waals surface area contributed by atoms with Crippen LogP contribution in [0, 0.1) is 5.82 Å². The molecule has 0 aliphatic carbocycles. The SMILES string of the molecule is CC(CBr)NCc1ccc(F)cc1. The summed E-state index contributed by atoms with van der Waals surface area (Å²) in [4.78, 5) is 0. The van der Waals surface area contributed by atoms with E-state index >= 15 is 0 Å². The summed E-state index contributed by atoms with van der Waals surface area (Å²) in [6.07, 6.45) is 0. The molecular weight excluding hydrogens is 233 g/mol. The van der Waals surface area contributed by atoms with Crippen LogP contribution in [0.4, 0.5) is 4.39 Å². The first-order chi connectivity index (χ1) is 6.22. The lowest BCUT2D eigenvalue weighted by Gasteiger charge is -2.09. The second kappa shape index (κ2) is 5.35. The topological polar surface area (TPSA) is 12.0 Å². The molecule has 1 unspecified atom stereocenters. The first kappa shape index (κ1) is 10.7. The summed E-state index contributed by atoms with van der Waals surface area (Å²) in [6.45, 7) is 2.88. The lowest BCUT2D eigenvalue weighted by Crippen LogP contribution is -2.26. The summed E-state index contributed by atoms with van der Waals surface area (Å²) in [5.74, 6) is -0.183. The van der Waals surface area contributed by atoms with Crippen molar-refractivity contribution in [3.63, 3.8) is 0 Å². The maximum atomic E-state index is 12.5. The molecule has 0 amide bonds. The van der Waals surface area contributed by atoms with Gasteiger partial charge in [-0.1, -0.05) is 28.1 Å². The molecule has 0 aliphatic rings. The van der Waals surface area contributed by atoms with E-state index < -0.39 is 0 Å². The van der Waals surface area contributed by atoms with Gasteiger partial charge in [0.2, 0.25) is 0 Å². The Labute approximate surface area is 86.5 Å². The number of halogens is 2. The van der Waals surface area contributed by atoms with Crippen LogP contribution >= 0.6 is 15.9 Å². The molecule has 0 spiro atoms. The van der Waals surface area contributed by atoms with Gasteiger partial charge in [0.1, 0.15) is 5.82 Å². The van der Waals surface area contributed by atoms with Crippen LogP contribution in [0.5, 0.6) is 0 Å². The Morgan fingerprint density at radius 3 is 2.54 bits per heavy atom. The second-order valence-corrected chi connectivity index (χ2v) is 3.71. The summed E-state index contributed by atoms with van der Waals surface area (Å²) < 4.78 is 12.5. The fourth-order valence-electron chi connectivity index (χ4n) is 0.949. The monoisotopic (exact) mass is 245 g/mol. The molecule has 1 aromatic carbocycles. The van der Waals surface area contributed by atoms with Crippen molar-refractivity contribution in [2.75, 3.05) is 5.33 Å². The van der Waals surface area contributed by atoms with E-state index in [-0.39, 0.29) is 5.82 Å². The maximum Gasteiger partial charge on any atom is 0.123 e. The smallest absolute Gasteiger partial charge is 0.123 e. The van der Waals surface area contributed by atoms with Gasteiger partial charge in [0, 0.05) is 17.9 Å². The number of benzene rings is 1. The highest BCUT2D eigenvalue weighted by Gasteiger charge is 1.98. The number of hydrogen-bond acceptors (Lipinski definition) is 1. The van der Waals surface area contributed by atoms with E-state index in [1.165, 1.54) is 12.1 Å². The van der Waals surface area contributed by atoms with Crippen LogP contribution in [0.3, 0.4) is 0 Å². The molecule has 1 N–H and O–H groups in total. The van der Waals surface area contributed by atoms with Crippen molar-refractivity contribution in [3.05, 3.63) is 35.6 Å². The lowest BCUT2D eigenvalue weighted by molar-refractivity contribution is 0.595. The number of rotatable bonds is 4. The molecule has 1 aromatic rings. The lowest BCUT2D eigenvalue weighted by atomic mass is 10.2. The third-order valence-electron chi connectivity index (χ3n) is 1.80. The van der Waals surface area contributed by atoms with Crippen LogP contribution in [-0.2, 0) is 6.54 Å². The van der Waals surface area contributed by atoms with Crippen molar-refractivity contribution >= 4 is 15.9 Å². The molecule has 0 radical (unpaired) electrons. The van der Waals surface area contributed by atoms with Gasteiger partial charge in [0.05, 0.1) is 0 Å². The molecule has 1 atom stereocenters. The molecule has 13 heavy (non-hydrogen) atoms. The van der Waals surface area contributed by atoms with E-state index in [1.807, 2.05) is 0 Å². The van der Waals surface area contributed by atoms with Gasteiger partial charge in [0.15, 0.2) is 0 Å². The number of nitrogens with one attached hydrogen (secondary N) is 1. The highest BCUT2D eigenvalue weighted by atomic mass is 79.9.